The van der Waals surface area contributed by atoms with E-state index in [1.54, 1.807) is 6.07 Å². The summed E-state index contributed by atoms with van der Waals surface area (Å²) >= 11 is 3.15. The van der Waals surface area contributed by atoms with Gasteiger partial charge in [-0.15, -0.1) is 0 Å². The zero-order chi connectivity index (χ0) is 9.42. The third-order valence-electron chi connectivity index (χ3n) is 1.57. The van der Waals surface area contributed by atoms with E-state index in [2.05, 4.69) is 20.9 Å². The lowest BCUT2D eigenvalue weighted by atomic mass is 10.3. The summed E-state index contributed by atoms with van der Waals surface area (Å²) in [6.07, 6.45) is 1.18. The molecule has 13 heavy (non-hydrogen) atoms. The molecule has 0 bridgehead atoms. The van der Waals surface area contributed by atoms with Crippen molar-refractivity contribution in [2.24, 2.45) is 0 Å². The lowest BCUT2D eigenvalue weighted by Gasteiger charge is -1.92. The lowest BCUT2D eigenvalue weighted by Crippen LogP contribution is -1.88. The third kappa shape index (κ3) is 1.29. The van der Waals surface area contributed by atoms with Crippen molar-refractivity contribution < 1.29 is 9.34 Å². The SMILES string of the molecule is O=[N+]([O-])c1cc(Br)cc2ncoc12. The monoisotopic (exact) mass is 242 g/mol. The number of hydrogen-bond donors (Lipinski definition) is 0. The lowest BCUT2D eigenvalue weighted by molar-refractivity contribution is -0.383. The Morgan fingerprint density at radius 2 is 2.31 bits per heavy atom. The topological polar surface area (TPSA) is 69.2 Å². The molecule has 0 aliphatic carbocycles. The van der Waals surface area contributed by atoms with Gasteiger partial charge in [-0.25, -0.2) is 4.98 Å². The molecule has 0 N–H and O–H groups in total. The fourth-order valence-corrected chi connectivity index (χ4v) is 1.49. The van der Waals surface area contributed by atoms with Crippen molar-refractivity contribution in [3.05, 3.63) is 33.1 Å². The second kappa shape index (κ2) is 2.81. The minimum Gasteiger partial charge on any atom is -0.436 e. The second-order valence-corrected chi connectivity index (χ2v) is 3.30. The molecule has 0 fully saturated rings. The normalized spacial score (nSPS) is 10.5. The first-order valence-corrected chi connectivity index (χ1v) is 4.15. The van der Waals surface area contributed by atoms with E-state index in [4.69, 9.17) is 4.42 Å². The van der Waals surface area contributed by atoms with Crippen molar-refractivity contribution >= 4 is 32.7 Å². The molecule has 0 aliphatic heterocycles. The zero-order valence-corrected chi connectivity index (χ0v) is 7.82. The molecule has 1 heterocycles. The van der Waals surface area contributed by atoms with Gasteiger partial charge in [0.25, 0.3) is 0 Å². The number of oxazole rings is 1. The van der Waals surface area contributed by atoms with Crippen molar-refractivity contribution in [1.29, 1.82) is 0 Å². The minimum absolute atomic E-state index is 0.0816. The average molecular weight is 243 g/mol. The van der Waals surface area contributed by atoms with Crippen molar-refractivity contribution in [1.82, 2.24) is 4.98 Å². The fourth-order valence-electron chi connectivity index (χ4n) is 1.05. The maximum absolute atomic E-state index is 10.6. The predicted molar refractivity (Wildman–Crippen MR) is 48.4 cm³/mol. The first-order valence-electron chi connectivity index (χ1n) is 3.35. The molecule has 2 rings (SSSR count). The van der Waals surface area contributed by atoms with Crippen LogP contribution in [0.4, 0.5) is 5.69 Å². The second-order valence-electron chi connectivity index (χ2n) is 2.38. The summed E-state index contributed by atoms with van der Waals surface area (Å²) < 4.78 is 5.50. The Morgan fingerprint density at radius 1 is 1.54 bits per heavy atom. The highest BCUT2D eigenvalue weighted by Gasteiger charge is 2.16. The summed E-state index contributed by atoms with van der Waals surface area (Å²) in [5, 5.41) is 10.6. The summed E-state index contributed by atoms with van der Waals surface area (Å²) in [5.74, 6) is 0. The van der Waals surface area contributed by atoms with Gasteiger partial charge in [-0.2, -0.15) is 0 Å². The Labute approximate surface area is 80.6 Å². The summed E-state index contributed by atoms with van der Waals surface area (Å²) in [7, 11) is 0. The van der Waals surface area contributed by atoms with Crippen LogP contribution in [0.3, 0.4) is 0 Å². The number of fused-ring (bicyclic) bond motifs is 1. The molecule has 0 saturated heterocycles. The van der Waals surface area contributed by atoms with E-state index in [1.807, 2.05) is 0 Å². The molecule has 0 amide bonds. The Bertz CT molecular complexity index is 480. The van der Waals surface area contributed by atoms with Gasteiger partial charge in [0, 0.05) is 10.5 Å². The van der Waals surface area contributed by atoms with E-state index >= 15 is 0 Å². The van der Waals surface area contributed by atoms with Crippen LogP contribution < -0.4 is 0 Å². The molecule has 2 aromatic rings. The smallest absolute Gasteiger partial charge is 0.315 e. The quantitative estimate of drug-likeness (QED) is 0.569. The molecule has 0 aliphatic rings. The van der Waals surface area contributed by atoms with Gasteiger partial charge in [-0.05, 0) is 6.07 Å². The number of rotatable bonds is 1. The fraction of sp³-hybridized carbons (Fsp3) is 0. The molecule has 0 spiro atoms. The van der Waals surface area contributed by atoms with E-state index in [-0.39, 0.29) is 11.3 Å². The predicted octanol–water partition coefficient (Wildman–Crippen LogP) is 2.50. The van der Waals surface area contributed by atoms with Crippen LogP contribution in [0.15, 0.2) is 27.4 Å². The van der Waals surface area contributed by atoms with Crippen LogP contribution in [-0.4, -0.2) is 9.91 Å². The molecule has 1 aromatic carbocycles. The molecule has 0 saturated carbocycles. The number of halogens is 1. The maximum Gasteiger partial charge on any atom is 0.315 e. The van der Waals surface area contributed by atoms with Crippen LogP contribution >= 0.6 is 15.9 Å². The Kier molecular flexibility index (Phi) is 1.77. The molecular formula is C7H3BrN2O3. The molecule has 0 atom stereocenters. The molecule has 5 nitrogen and oxygen atoms in total. The van der Waals surface area contributed by atoms with E-state index in [0.717, 1.165) is 0 Å². The number of nitrogens with zero attached hydrogens (tertiary/aromatic N) is 2. The summed E-state index contributed by atoms with van der Waals surface area (Å²) in [4.78, 5) is 13.9. The number of nitro groups is 1. The van der Waals surface area contributed by atoms with Crippen LogP contribution in [0.1, 0.15) is 0 Å². The van der Waals surface area contributed by atoms with Gasteiger partial charge in [0.05, 0.1) is 4.92 Å². The minimum atomic E-state index is -0.502. The first-order chi connectivity index (χ1) is 6.18. The largest absolute Gasteiger partial charge is 0.436 e. The van der Waals surface area contributed by atoms with Crippen LogP contribution in [0.5, 0.6) is 0 Å². The Morgan fingerprint density at radius 3 is 3.00 bits per heavy atom. The number of benzene rings is 1. The van der Waals surface area contributed by atoms with Gasteiger partial charge >= 0.3 is 5.69 Å². The third-order valence-corrected chi connectivity index (χ3v) is 2.03. The highest BCUT2D eigenvalue weighted by atomic mass is 79.9. The molecule has 0 radical (unpaired) electrons. The maximum atomic E-state index is 10.6. The van der Waals surface area contributed by atoms with E-state index in [1.165, 1.54) is 12.5 Å². The van der Waals surface area contributed by atoms with Gasteiger partial charge in [0.2, 0.25) is 5.58 Å². The van der Waals surface area contributed by atoms with Crippen molar-refractivity contribution in [2.45, 2.75) is 0 Å². The Balaban J connectivity index is 2.84. The highest BCUT2D eigenvalue weighted by Crippen LogP contribution is 2.28. The molecule has 0 unspecified atom stereocenters. The van der Waals surface area contributed by atoms with Gasteiger partial charge in [0.1, 0.15) is 5.52 Å². The summed E-state index contributed by atoms with van der Waals surface area (Å²) in [6.45, 7) is 0. The molecule has 6 heteroatoms. The van der Waals surface area contributed by atoms with Crippen LogP contribution in [0.2, 0.25) is 0 Å². The van der Waals surface area contributed by atoms with E-state index in [9.17, 15) is 10.1 Å². The molecule has 1 aromatic heterocycles. The molecule has 66 valence electrons. The van der Waals surface area contributed by atoms with Gasteiger partial charge < -0.3 is 4.42 Å². The summed E-state index contributed by atoms with van der Waals surface area (Å²) in [6, 6.07) is 3.04. The highest BCUT2D eigenvalue weighted by molar-refractivity contribution is 9.10. The Hall–Kier alpha value is -1.43. The number of nitro benzene ring substituents is 1. The van der Waals surface area contributed by atoms with Gasteiger partial charge in [-0.1, -0.05) is 15.9 Å². The van der Waals surface area contributed by atoms with E-state index in [0.29, 0.717) is 9.99 Å². The van der Waals surface area contributed by atoms with E-state index < -0.39 is 4.92 Å². The number of non-ortho nitro benzene ring substituents is 1. The number of aromatic nitrogens is 1. The van der Waals surface area contributed by atoms with Crippen molar-refractivity contribution in [3.63, 3.8) is 0 Å². The van der Waals surface area contributed by atoms with Gasteiger partial charge in [0.15, 0.2) is 6.39 Å². The van der Waals surface area contributed by atoms with Crippen LogP contribution in [-0.2, 0) is 0 Å². The van der Waals surface area contributed by atoms with Crippen molar-refractivity contribution in [2.75, 3.05) is 0 Å². The zero-order valence-electron chi connectivity index (χ0n) is 6.23. The van der Waals surface area contributed by atoms with Gasteiger partial charge in [-0.3, -0.25) is 10.1 Å². The average Bonchev–Trinajstić information content (AvgIpc) is 2.49. The van der Waals surface area contributed by atoms with Crippen LogP contribution in [0, 0.1) is 10.1 Å². The van der Waals surface area contributed by atoms with Crippen LogP contribution in [0.25, 0.3) is 11.1 Å². The number of hydrogen-bond acceptors (Lipinski definition) is 4. The summed E-state index contributed by atoms with van der Waals surface area (Å²) in [5.41, 5.74) is 0.594. The molecular weight excluding hydrogens is 240 g/mol. The standard InChI is InChI=1S/C7H3BrN2O3/c8-4-1-5-7(13-3-9-5)6(2-4)10(11)12/h1-3H. The first kappa shape index (κ1) is 8.18. The van der Waals surface area contributed by atoms with Crippen molar-refractivity contribution in [3.8, 4) is 0 Å².